The van der Waals surface area contributed by atoms with Crippen molar-refractivity contribution in [3.63, 3.8) is 0 Å². The Morgan fingerprint density at radius 2 is 1.83 bits per heavy atom. The van der Waals surface area contributed by atoms with Gasteiger partial charge in [0.15, 0.2) is 5.13 Å². The number of amides is 3. The van der Waals surface area contributed by atoms with Crippen molar-refractivity contribution >= 4 is 63.4 Å². The standard InChI is InChI=1S/C42H53N8O6PS/c1-27-13-15-30(24-36(27)57(4,5)56)39(53)44-25-38(52)47-41-45-32(26-58-41)29-11-8-12-31(23-29)48(2)21-7-6-19-43-20-9-10-28-14-16-33-35(22-28)49(3)42(55)50(33)34-17-18-37(51)46-40(34)54/h8,11-16,22-24,26,34,40,43,54H,6-7,9-10,17-21,25H2,1-5H3,(H,44,53)(H,46,51)(H,45,47,52). The second-order valence-corrected chi connectivity index (χ2v) is 19.3. The van der Waals surface area contributed by atoms with E-state index in [1.165, 1.54) is 11.3 Å². The molecule has 0 radical (unpaired) electrons. The minimum atomic E-state index is -2.56. The molecule has 1 aliphatic rings. The Hall–Kier alpha value is -5.08. The predicted molar refractivity (Wildman–Crippen MR) is 232 cm³/mol. The number of fused-ring (bicyclic) bond motifs is 1. The number of carbonyl (C=O) groups is 3. The van der Waals surface area contributed by atoms with Crippen LogP contribution in [0.5, 0.6) is 0 Å². The molecule has 2 unspecified atom stereocenters. The van der Waals surface area contributed by atoms with Crippen LogP contribution in [0.15, 0.2) is 70.8 Å². The summed E-state index contributed by atoms with van der Waals surface area (Å²) in [6.45, 7) is 7.65. The molecule has 16 heteroatoms. The lowest BCUT2D eigenvalue weighted by Gasteiger charge is -2.29. The highest BCUT2D eigenvalue weighted by atomic mass is 32.1. The first-order chi connectivity index (χ1) is 27.7. The van der Waals surface area contributed by atoms with Gasteiger partial charge in [-0.1, -0.05) is 24.3 Å². The molecule has 5 N–H and O–H groups in total. The number of aliphatic hydroxyl groups is 1. The summed E-state index contributed by atoms with van der Waals surface area (Å²) in [5, 5.41) is 24.9. The molecule has 6 rings (SSSR count). The van der Waals surface area contributed by atoms with Crippen LogP contribution < -0.4 is 37.2 Å². The van der Waals surface area contributed by atoms with Crippen LogP contribution >= 0.6 is 18.5 Å². The SMILES string of the molecule is Cc1ccc(C(=O)NCC(=O)Nc2nc(-c3cccc(N(C)CCCCNCCCc4ccc5c(c4)n(C)c(=O)n5C4CCC(=O)NC4O)c3)cs2)cc1P(C)(C)=O. The maximum absolute atomic E-state index is 13.1. The average Bonchev–Trinajstić information content (AvgIpc) is 3.75. The minimum absolute atomic E-state index is 0.202. The molecule has 0 aliphatic carbocycles. The van der Waals surface area contributed by atoms with Gasteiger partial charge in [-0.2, -0.15) is 0 Å². The van der Waals surface area contributed by atoms with Crippen LogP contribution in [-0.2, 0) is 27.6 Å². The molecular formula is C42H53N8O6PS. The molecule has 14 nitrogen and oxygen atoms in total. The first kappa shape index (κ1) is 42.5. The third-order valence-corrected chi connectivity index (χ3v) is 12.9. The molecule has 3 aromatic carbocycles. The van der Waals surface area contributed by atoms with E-state index in [0.29, 0.717) is 22.4 Å². The molecule has 0 bridgehead atoms. The molecule has 0 saturated carbocycles. The van der Waals surface area contributed by atoms with Gasteiger partial charge in [-0.15, -0.1) is 11.3 Å². The number of unbranched alkanes of at least 4 members (excludes halogenated alkanes) is 1. The Kier molecular flexibility index (Phi) is 13.7. The normalized spacial score (nSPS) is 15.7. The quantitative estimate of drug-likeness (QED) is 0.0662. The summed E-state index contributed by atoms with van der Waals surface area (Å²) in [5.41, 5.74) is 6.49. The smallest absolute Gasteiger partial charge is 0.329 e. The van der Waals surface area contributed by atoms with E-state index >= 15 is 0 Å². The Bertz CT molecular complexity index is 2400. The van der Waals surface area contributed by atoms with E-state index < -0.39 is 31.2 Å². The molecule has 3 heterocycles. The molecule has 2 atom stereocenters. The molecule has 58 heavy (non-hydrogen) atoms. The van der Waals surface area contributed by atoms with E-state index in [9.17, 15) is 28.8 Å². The van der Waals surface area contributed by atoms with E-state index in [1.807, 2.05) is 42.6 Å². The zero-order valence-corrected chi connectivity index (χ0v) is 35.4. The highest BCUT2D eigenvalue weighted by molar-refractivity contribution is 7.70. The summed E-state index contributed by atoms with van der Waals surface area (Å²) in [5.74, 6) is -1.01. The number of carbonyl (C=O) groups excluding carboxylic acids is 3. The van der Waals surface area contributed by atoms with Crippen LogP contribution in [0, 0.1) is 6.92 Å². The summed E-state index contributed by atoms with van der Waals surface area (Å²) in [6.07, 6.45) is 3.47. The highest BCUT2D eigenvalue weighted by Gasteiger charge is 2.31. The first-order valence-corrected chi connectivity index (χ1v) is 23.1. The van der Waals surface area contributed by atoms with Gasteiger partial charge < -0.3 is 35.8 Å². The summed E-state index contributed by atoms with van der Waals surface area (Å²) < 4.78 is 15.8. The Labute approximate surface area is 342 Å². The largest absolute Gasteiger partial charge is 0.375 e. The lowest BCUT2D eigenvalue weighted by Crippen LogP contribution is -2.47. The topological polar surface area (TPSA) is 180 Å². The van der Waals surface area contributed by atoms with Crippen molar-refractivity contribution in [3.05, 3.63) is 93.2 Å². The van der Waals surface area contributed by atoms with Crippen LogP contribution in [0.3, 0.4) is 0 Å². The van der Waals surface area contributed by atoms with Crippen molar-refractivity contribution in [2.24, 2.45) is 7.05 Å². The first-order valence-electron chi connectivity index (χ1n) is 19.6. The number of imidazole rings is 1. The third kappa shape index (κ3) is 10.3. The third-order valence-electron chi connectivity index (χ3n) is 10.5. The van der Waals surface area contributed by atoms with Crippen molar-refractivity contribution in [1.29, 1.82) is 0 Å². The number of hydrogen-bond donors (Lipinski definition) is 5. The Morgan fingerprint density at radius 1 is 1.03 bits per heavy atom. The fraction of sp³-hybridized carbons (Fsp3) is 0.405. The van der Waals surface area contributed by atoms with Crippen molar-refractivity contribution in [3.8, 4) is 11.3 Å². The summed E-state index contributed by atoms with van der Waals surface area (Å²) in [4.78, 5) is 57.0. The fourth-order valence-corrected chi connectivity index (χ4v) is 9.43. The summed E-state index contributed by atoms with van der Waals surface area (Å²) in [7, 11) is 1.26. The molecule has 0 spiro atoms. The molecule has 1 saturated heterocycles. The number of aryl methyl sites for hydroxylation is 3. The monoisotopic (exact) mass is 828 g/mol. The second kappa shape index (κ2) is 18.7. The van der Waals surface area contributed by atoms with E-state index in [0.717, 1.165) is 84.4 Å². The molecule has 2 aromatic heterocycles. The van der Waals surface area contributed by atoms with Crippen molar-refractivity contribution in [1.82, 2.24) is 30.1 Å². The molecular weight excluding hydrogens is 776 g/mol. The van der Waals surface area contributed by atoms with Crippen LogP contribution in [0.2, 0.25) is 0 Å². The highest BCUT2D eigenvalue weighted by Crippen LogP contribution is 2.36. The number of hydrogen-bond acceptors (Lipinski definition) is 10. The molecule has 3 amide bonds. The lowest BCUT2D eigenvalue weighted by atomic mass is 10.0. The number of thiazole rings is 1. The fourth-order valence-electron chi connectivity index (χ4n) is 7.32. The summed E-state index contributed by atoms with van der Waals surface area (Å²) >= 11 is 1.32. The Morgan fingerprint density at radius 3 is 2.60 bits per heavy atom. The number of nitrogens with zero attached hydrogens (tertiary/aromatic N) is 4. The number of piperidine rings is 1. The van der Waals surface area contributed by atoms with Gasteiger partial charge in [-0.05, 0) is 113 Å². The second-order valence-electron chi connectivity index (χ2n) is 15.3. The predicted octanol–water partition coefficient (Wildman–Crippen LogP) is 4.60. The maximum Gasteiger partial charge on any atom is 0.329 e. The van der Waals surface area contributed by atoms with Gasteiger partial charge in [0.2, 0.25) is 11.8 Å². The number of aliphatic hydroxyl groups excluding tert-OH is 1. The van der Waals surface area contributed by atoms with Gasteiger partial charge in [0.05, 0.1) is 29.3 Å². The zero-order chi connectivity index (χ0) is 41.6. The van der Waals surface area contributed by atoms with E-state index in [1.54, 1.807) is 47.7 Å². The number of benzene rings is 3. The van der Waals surface area contributed by atoms with Crippen LogP contribution in [0.4, 0.5) is 10.8 Å². The number of rotatable bonds is 17. The van der Waals surface area contributed by atoms with Crippen LogP contribution in [0.1, 0.15) is 59.6 Å². The van der Waals surface area contributed by atoms with E-state index in [-0.39, 0.29) is 24.6 Å². The van der Waals surface area contributed by atoms with Crippen molar-refractivity contribution in [2.45, 2.75) is 57.7 Å². The van der Waals surface area contributed by atoms with Gasteiger partial charge in [-0.25, -0.2) is 9.78 Å². The average molecular weight is 829 g/mol. The number of anilines is 2. The minimum Gasteiger partial charge on any atom is -0.375 e. The number of aromatic nitrogens is 3. The van der Waals surface area contributed by atoms with Gasteiger partial charge in [0.1, 0.15) is 13.4 Å². The summed E-state index contributed by atoms with van der Waals surface area (Å²) in [6, 6.07) is 18.7. The van der Waals surface area contributed by atoms with Gasteiger partial charge in [0, 0.05) is 54.6 Å². The van der Waals surface area contributed by atoms with Gasteiger partial charge in [-0.3, -0.25) is 23.5 Å². The van der Waals surface area contributed by atoms with Crippen molar-refractivity contribution in [2.75, 3.05) is 56.8 Å². The molecule has 308 valence electrons. The van der Waals surface area contributed by atoms with E-state index in [4.69, 9.17) is 0 Å². The van der Waals surface area contributed by atoms with E-state index in [2.05, 4.69) is 50.3 Å². The van der Waals surface area contributed by atoms with Crippen LogP contribution in [-0.4, -0.2) is 89.7 Å². The molecule has 1 fully saturated rings. The Balaban J connectivity index is 0.900. The number of nitrogens with one attached hydrogen (secondary N) is 4. The zero-order valence-electron chi connectivity index (χ0n) is 33.7. The van der Waals surface area contributed by atoms with Gasteiger partial charge in [0.25, 0.3) is 5.91 Å². The lowest BCUT2D eigenvalue weighted by molar-refractivity contribution is -0.128. The molecule has 5 aromatic rings. The van der Waals surface area contributed by atoms with Gasteiger partial charge >= 0.3 is 5.69 Å². The van der Waals surface area contributed by atoms with Crippen LogP contribution in [0.25, 0.3) is 22.3 Å². The van der Waals surface area contributed by atoms with Crippen molar-refractivity contribution < 1.29 is 24.1 Å². The maximum atomic E-state index is 13.1. The molecule has 1 aliphatic heterocycles.